The third-order valence-corrected chi connectivity index (χ3v) is 5.57. The highest BCUT2D eigenvalue weighted by atomic mass is 32.2. The van der Waals surface area contributed by atoms with E-state index in [0.29, 0.717) is 32.1 Å². The van der Waals surface area contributed by atoms with Gasteiger partial charge in [-0.15, -0.1) is 0 Å². The van der Waals surface area contributed by atoms with Gasteiger partial charge in [0.05, 0.1) is 5.75 Å². The van der Waals surface area contributed by atoms with E-state index in [4.69, 9.17) is 5.11 Å². The number of sulfone groups is 1. The van der Waals surface area contributed by atoms with Crippen LogP contribution in [-0.4, -0.2) is 41.9 Å². The van der Waals surface area contributed by atoms with Crippen molar-refractivity contribution in [3.8, 4) is 0 Å². The highest BCUT2D eigenvalue weighted by molar-refractivity contribution is 7.92. The zero-order chi connectivity index (χ0) is 12.7. The summed E-state index contributed by atoms with van der Waals surface area (Å²) in [6, 6.07) is 0. The summed E-state index contributed by atoms with van der Waals surface area (Å²) in [5, 5.41) is 10.2. The summed E-state index contributed by atoms with van der Waals surface area (Å²) in [5.41, 5.74) is -1.20. The molecule has 0 aromatic heterocycles. The van der Waals surface area contributed by atoms with Gasteiger partial charge in [0, 0.05) is 0 Å². The standard InChI is InChI=1S/C10H15NO5S/c12-8(11-10(4-5-10)9(13)14)7-3-1-2-6-17(7,15)16/h7H,1-6H2,(H,11,12)(H,13,14). The van der Waals surface area contributed by atoms with Crippen molar-refractivity contribution in [2.24, 2.45) is 0 Å². The van der Waals surface area contributed by atoms with E-state index >= 15 is 0 Å². The molecule has 0 radical (unpaired) electrons. The van der Waals surface area contributed by atoms with Gasteiger partial charge in [0.15, 0.2) is 9.84 Å². The minimum absolute atomic E-state index is 0.0190. The Morgan fingerprint density at radius 3 is 2.35 bits per heavy atom. The van der Waals surface area contributed by atoms with Crippen molar-refractivity contribution in [1.82, 2.24) is 5.32 Å². The van der Waals surface area contributed by atoms with Crippen LogP contribution in [0.5, 0.6) is 0 Å². The van der Waals surface area contributed by atoms with Crippen LogP contribution in [0.15, 0.2) is 0 Å². The lowest BCUT2D eigenvalue weighted by atomic mass is 10.1. The van der Waals surface area contributed by atoms with Gasteiger partial charge in [-0.25, -0.2) is 13.2 Å². The summed E-state index contributed by atoms with van der Waals surface area (Å²) >= 11 is 0. The molecule has 1 amide bonds. The molecule has 0 aromatic carbocycles. The SMILES string of the molecule is O=C(NC1(C(=O)O)CC1)C1CCCCS1(=O)=O. The van der Waals surface area contributed by atoms with Crippen LogP contribution in [0, 0.1) is 0 Å². The molecule has 6 nitrogen and oxygen atoms in total. The average Bonchev–Trinajstić information content (AvgIpc) is 2.97. The highest BCUT2D eigenvalue weighted by Crippen LogP contribution is 2.36. The summed E-state index contributed by atoms with van der Waals surface area (Å²) in [5.74, 6) is -1.71. The Morgan fingerprint density at radius 1 is 1.24 bits per heavy atom. The van der Waals surface area contributed by atoms with Crippen LogP contribution in [0.4, 0.5) is 0 Å². The molecular formula is C10H15NO5S. The summed E-state index contributed by atoms with van der Waals surface area (Å²) in [6.07, 6.45) is 2.32. The minimum Gasteiger partial charge on any atom is -0.480 e. The lowest BCUT2D eigenvalue weighted by Crippen LogP contribution is -2.50. The van der Waals surface area contributed by atoms with Crippen molar-refractivity contribution in [3.63, 3.8) is 0 Å². The van der Waals surface area contributed by atoms with E-state index < -0.39 is 32.5 Å². The Labute approximate surface area is 99.3 Å². The first-order chi connectivity index (χ1) is 7.87. The Bertz CT molecular complexity index is 451. The second kappa shape index (κ2) is 3.97. The molecule has 1 saturated carbocycles. The smallest absolute Gasteiger partial charge is 0.329 e. The quantitative estimate of drug-likeness (QED) is 0.725. The van der Waals surface area contributed by atoms with Crippen LogP contribution in [0.2, 0.25) is 0 Å². The predicted molar refractivity (Wildman–Crippen MR) is 59.2 cm³/mol. The van der Waals surface area contributed by atoms with E-state index in [1.807, 2.05) is 0 Å². The lowest BCUT2D eigenvalue weighted by Gasteiger charge is -2.23. The molecule has 17 heavy (non-hydrogen) atoms. The summed E-state index contributed by atoms with van der Waals surface area (Å²) in [7, 11) is -3.40. The van der Waals surface area contributed by atoms with Gasteiger partial charge in [0.25, 0.3) is 0 Å². The predicted octanol–water partition coefficient (Wildman–Crippen LogP) is -0.313. The van der Waals surface area contributed by atoms with Crippen molar-refractivity contribution in [2.45, 2.75) is 42.9 Å². The third-order valence-electron chi connectivity index (χ3n) is 3.39. The zero-order valence-electron chi connectivity index (χ0n) is 9.31. The van der Waals surface area contributed by atoms with Gasteiger partial charge in [-0.3, -0.25) is 4.79 Å². The summed E-state index contributed by atoms with van der Waals surface area (Å²) in [4.78, 5) is 22.7. The number of aliphatic carboxylic acids is 1. The van der Waals surface area contributed by atoms with Gasteiger partial charge in [-0.1, -0.05) is 6.42 Å². The maximum atomic E-state index is 11.8. The van der Waals surface area contributed by atoms with Crippen molar-refractivity contribution in [2.75, 3.05) is 5.75 Å². The van der Waals surface area contributed by atoms with Crippen molar-refractivity contribution in [1.29, 1.82) is 0 Å². The van der Waals surface area contributed by atoms with Crippen LogP contribution in [0.1, 0.15) is 32.1 Å². The molecule has 1 atom stereocenters. The number of amides is 1. The molecule has 0 spiro atoms. The Morgan fingerprint density at radius 2 is 1.88 bits per heavy atom. The molecule has 2 rings (SSSR count). The fraction of sp³-hybridized carbons (Fsp3) is 0.800. The summed E-state index contributed by atoms with van der Waals surface area (Å²) in [6.45, 7) is 0. The molecule has 2 N–H and O–H groups in total. The number of nitrogens with one attached hydrogen (secondary N) is 1. The molecule has 2 aliphatic rings. The van der Waals surface area contributed by atoms with Gasteiger partial charge >= 0.3 is 5.97 Å². The first-order valence-corrected chi connectivity index (χ1v) is 7.36. The van der Waals surface area contributed by atoms with E-state index in [1.54, 1.807) is 0 Å². The second-order valence-electron chi connectivity index (χ2n) is 4.73. The van der Waals surface area contributed by atoms with Crippen molar-refractivity contribution >= 4 is 21.7 Å². The minimum atomic E-state index is -3.40. The normalized spacial score (nSPS) is 29.3. The second-order valence-corrected chi connectivity index (χ2v) is 7.03. The number of carbonyl (C=O) groups is 2. The van der Waals surface area contributed by atoms with Crippen LogP contribution in [0.3, 0.4) is 0 Å². The van der Waals surface area contributed by atoms with E-state index in [0.717, 1.165) is 0 Å². The topological polar surface area (TPSA) is 101 Å². The molecule has 0 aromatic rings. The average molecular weight is 261 g/mol. The number of carbonyl (C=O) groups excluding carboxylic acids is 1. The molecule has 1 heterocycles. The number of rotatable bonds is 3. The van der Waals surface area contributed by atoms with E-state index in [1.165, 1.54) is 0 Å². The number of hydrogen-bond donors (Lipinski definition) is 2. The Hall–Kier alpha value is -1.11. The molecule has 0 bridgehead atoms. The fourth-order valence-electron chi connectivity index (χ4n) is 2.08. The van der Waals surface area contributed by atoms with Crippen molar-refractivity contribution in [3.05, 3.63) is 0 Å². The highest BCUT2D eigenvalue weighted by Gasteiger charge is 2.53. The van der Waals surface area contributed by atoms with E-state index in [-0.39, 0.29) is 5.75 Å². The first-order valence-electron chi connectivity index (χ1n) is 5.64. The van der Waals surface area contributed by atoms with Gasteiger partial charge in [0.2, 0.25) is 5.91 Å². The zero-order valence-corrected chi connectivity index (χ0v) is 10.1. The Balaban J connectivity index is 2.08. The maximum Gasteiger partial charge on any atom is 0.329 e. The largest absolute Gasteiger partial charge is 0.480 e. The number of hydrogen-bond acceptors (Lipinski definition) is 4. The van der Waals surface area contributed by atoms with E-state index in [2.05, 4.69) is 5.32 Å². The Kier molecular flexibility index (Phi) is 2.89. The molecular weight excluding hydrogens is 246 g/mol. The number of carboxylic acids is 1. The van der Waals surface area contributed by atoms with Gasteiger partial charge in [0.1, 0.15) is 10.8 Å². The molecule has 7 heteroatoms. The molecule has 2 fully saturated rings. The van der Waals surface area contributed by atoms with Crippen LogP contribution in [0.25, 0.3) is 0 Å². The summed E-state index contributed by atoms with van der Waals surface area (Å²) < 4.78 is 23.4. The maximum absolute atomic E-state index is 11.8. The molecule has 96 valence electrons. The van der Waals surface area contributed by atoms with Crippen LogP contribution in [-0.2, 0) is 19.4 Å². The molecule has 1 saturated heterocycles. The molecule has 1 aliphatic carbocycles. The van der Waals surface area contributed by atoms with Gasteiger partial charge in [-0.2, -0.15) is 0 Å². The van der Waals surface area contributed by atoms with E-state index in [9.17, 15) is 18.0 Å². The third kappa shape index (κ3) is 2.29. The van der Waals surface area contributed by atoms with Gasteiger partial charge in [-0.05, 0) is 25.7 Å². The monoisotopic (exact) mass is 261 g/mol. The number of carboxylic acid groups (broad SMARTS) is 1. The first kappa shape index (κ1) is 12.3. The van der Waals surface area contributed by atoms with Crippen LogP contribution >= 0.6 is 0 Å². The lowest BCUT2D eigenvalue weighted by molar-refractivity contribution is -0.143. The van der Waals surface area contributed by atoms with Gasteiger partial charge < -0.3 is 10.4 Å². The molecule has 1 aliphatic heterocycles. The fourth-order valence-corrected chi connectivity index (χ4v) is 3.88. The molecule has 1 unspecified atom stereocenters. The van der Waals surface area contributed by atoms with Crippen LogP contribution < -0.4 is 5.32 Å². The van der Waals surface area contributed by atoms with Crippen molar-refractivity contribution < 1.29 is 23.1 Å².